The number of hydrogen-bond acceptors (Lipinski definition) is 4. The molecular formula is C16H14ClF3N2O3S. The Labute approximate surface area is 153 Å². The van der Waals surface area contributed by atoms with E-state index < -0.39 is 15.5 Å². The second-order valence-electron chi connectivity index (χ2n) is 5.27. The van der Waals surface area contributed by atoms with Crippen LogP contribution < -0.4 is 9.56 Å². The van der Waals surface area contributed by atoms with Crippen LogP contribution in [-0.4, -0.2) is 19.6 Å². The van der Waals surface area contributed by atoms with E-state index in [4.69, 9.17) is 16.4 Å². The molecule has 2 aromatic rings. The van der Waals surface area contributed by atoms with Crippen LogP contribution in [0.15, 0.2) is 47.6 Å². The summed E-state index contributed by atoms with van der Waals surface area (Å²) in [4.78, 5) is 5.29. The topological polar surface area (TPSA) is 67.8 Å². The zero-order valence-corrected chi connectivity index (χ0v) is 15.2. The minimum absolute atomic E-state index is 0.0545. The molecule has 0 aliphatic heterocycles. The first kappa shape index (κ1) is 20.1. The summed E-state index contributed by atoms with van der Waals surface area (Å²) in [7, 11) is -5.58. The van der Waals surface area contributed by atoms with Crippen molar-refractivity contribution in [2.24, 2.45) is 5.16 Å². The second kappa shape index (κ2) is 7.55. The lowest BCUT2D eigenvalue weighted by Crippen LogP contribution is -2.30. The summed E-state index contributed by atoms with van der Waals surface area (Å²) < 4.78 is 62.1. The van der Waals surface area contributed by atoms with E-state index in [0.29, 0.717) is 5.75 Å². The fraction of sp³-hybridized carbons (Fsp3) is 0.188. The molecule has 0 aliphatic rings. The molecule has 2 aromatic carbocycles. The van der Waals surface area contributed by atoms with Gasteiger partial charge in [-0.2, -0.15) is 21.6 Å². The number of hydrogen-bond donors (Lipinski definition) is 1. The van der Waals surface area contributed by atoms with Gasteiger partial charge in [-0.1, -0.05) is 35.0 Å². The van der Waals surface area contributed by atoms with Crippen molar-refractivity contribution in [1.29, 1.82) is 0 Å². The molecule has 5 nitrogen and oxygen atoms in total. The smallest absolute Gasteiger partial charge is 0.356 e. The third-order valence-electron chi connectivity index (χ3n) is 3.29. The van der Waals surface area contributed by atoms with Crippen LogP contribution in [0.2, 0.25) is 5.02 Å². The van der Waals surface area contributed by atoms with Crippen molar-refractivity contribution in [3.05, 3.63) is 58.6 Å². The Morgan fingerprint density at radius 1 is 1.19 bits per heavy atom. The van der Waals surface area contributed by atoms with Crippen molar-refractivity contribution in [3.8, 4) is 5.75 Å². The van der Waals surface area contributed by atoms with E-state index in [9.17, 15) is 21.6 Å². The van der Waals surface area contributed by atoms with Gasteiger partial charge in [0.1, 0.15) is 0 Å². The van der Waals surface area contributed by atoms with Crippen LogP contribution in [0.4, 0.5) is 18.9 Å². The number of nitrogens with zero attached hydrogens (tertiary/aromatic N) is 1. The zero-order chi connectivity index (χ0) is 19.5. The average molecular weight is 407 g/mol. The van der Waals surface area contributed by atoms with Gasteiger partial charge in [-0.3, -0.25) is 4.72 Å². The van der Waals surface area contributed by atoms with Gasteiger partial charge in [0.2, 0.25) is 0 Å². The highest BCUT2D eigenvalue weighted by atomic mass is 35.5. The number of benzene rings is 2. The molecule has 0 saturated heterocycles. The van der Waals surface area contributed by atoms with Crippen LogP contribution in [-0.2, 0) is 10.0 Å². The molecule has 0 aromatic heterocycles. The molecule has 0 amide bonds. The van der Waals surface area contributed by atoms with Crippen molar-refractivity contribution in [3.63, 3.8) is 0 Å². The molecule has 0 radical (unpaired) electrons. The SMILES string of the molecule is C/C(=N\Oc1ccccc1C)c1cc(Cl)ccc1NS(=O)(=O)C(F)(F)F. The Morgan fingerprint density at radius 3 is 2.46 bits per heavy atom. The minimum Gasteiger partial charge on any atom is -0.356 e. The number of sulfonamides is 1. The van der Waals surface area contributed by atoms with Gasteiger partial charge in [0.25, 0.3) is 0 Å². The molecule has 140 valence electrons. The maximum atomic E-state index is 12.6. The van der Waals surface area contributed by atoms with E-state index in [1.807, 2.05) is 0 Å². The summed E-state index contributed by atoms with van der Waals surface area (Å²) >= 11 is 5.87. The number of rotatable bonds is 5. The van der Waals surface area contributed by atoms with E-state index in [-0.39, 0.29) is 22.0 Å². The van der Waals surface area contributed by atoms with E-state index in [1.165, 1.54) is 23.8 Å². The molecule has 10 heteroatoms. The molecule has 0 aliphatic carbocycles. The number of oxime groups is 1. The summed E-state index contributed by atoms with van der Waals surface area (Å²) in [5.74, 6) is 0.450. The predicted octanol–water partition coefficient (Wildman–Crippen LogP) is 4.71. The van der Waals surface area contributed by atoms with Crippen molar-refractivity contribution in [1.82, 2.24) is 0 Å². The fourth-order valence-electron chi connectivity index (χ4n) is 1.93. The van der Waals surface area contributed by atoms with Crippen LogP contribution in [0.5, 0.6) is 5.75 Å². The molecule has 2 rings (SSSR count). The predicted molar refractivity (Wildman–Crippen MR) is 94.1 cm³/mol. The summed E-state index contributed by atoms with van der Waals surface area (Å²) in [6.45, 7) is 3.25. The van der Waals surface area contributed by atoms with Crippen LogP contribution in [0, 0.1) is 6.92 Å². The lowest BCUT2D eigenvalue weighted by Gasteiger charge is -2.14. The largest absolute Gasteiger partial charge is 0.516 e. The van der Waals surface area contributed by atoms with E-state index >= 15 is 0 Å². The van der Waals surface area contributed by atoms with Gasteiger partial charge in [0.05, 0.1) is 11.4 Å². The Kier molecular flexibility index (Phi) is 5.82. The maximum Gasteiger partial charge on any atom is 0.516 e. The molecule has 1 N–H and O–H groups in total. The lowest BCUT2D eigenvalue weighted by molar-refractivity contribution is -0.0429. The Balaban J connectivity index is 2.38. The average Bonchev–Trinajstić information content (AvgIpc) is 2.54. The quantitative estimate of drug-likeness (QED) is 0.577. The minimum atomic E-state index is -5.58. The lowest BCUT2D eigenvalue weighted by atomic mass is 10.1. The number of anilines is 1. The molecule has 0 bridgehead atoms. The van der Waals surface area contributed by atoms with Gasteiger partial charge in [0.15, 0.2) is 5.75 Å². The summed E-state index contributed by atoms with van der Waals surface area (Å²) in [6, 6.07) is 10.7. The highest BCUT2D eigenvalue weighted by Gasteiger charge is 2.46. The first-order valence-corrected chi connectivity index (χ1v) is 9.03. The number of halogens is 4. The third-order valence-corrected chi connectivity index (χ3v) is 4.63. The second-order valence-corrected chi connectivity index (χ2v) is 7.38. The van der Waals surface area contributed by atoms with Gasteiger partial charge in [-0.05, 0) is 43.7 Å². The molecule has 0 unspecified atom stereocenters. The highest BCUT2D eigenvalue weighted by molar-refractivity contribution is 7.93. The Morgan fingerprint density at radius 2 is 1.85 bits per heavy atom. The molecule has 0 fully saturated rings. The zero-order valence-electron chi connectivity index (χ0n) is 13.6. The van der Waals surface area contributed by atoms with Crippen LogP contribution in [0.3, 0.4) is 0 Å². The summed E-state index contributed by atoms with van der Waals surface area (Å²) in [6.07, 6.45) is 0. The van der Waals surface area contributed by atoms with Crippen LogP contribution >= 0.6 is 11.6 Å². The molecule has 0 spiro atoms. The number of aryl methyl sites for hydroxylation is 1. The van der Waals surface area contributed by atoms with Crippen molar-refractivity contribution >= 4 is 33.0 Å². The van der Waals surface area contributed by atoms with E-state index in [1.54, 1.807) is 31.2 Å². The standard InChI is InChI=1S/C16H14ClF3N2O3S/c1-10-5-3-4-6-15(10)25-21-11(2)13-9-12(17)7-8-14(13)22-26(23,24)16(18,19)20/h3-9,22H,1-2H3/b21-11+. The monoisotopic (exact) mass is 406 g/mol. The molecule has 0 saturated carbocycles. The third kappa shape index (κ3) is 4.67. The molecule has 0 heterocycles. The van der Waals surface area contributed by atoms with Gasteiger partial charge in [-0.25, -0.2) is 0 Å². The van der Waals surface area contributed by atoms with Gasteiger partial charge >= 0.3 is 15.5 Å². The van der Waals surface area contributed by atoms with Crippen molar-refractivity contribution in [2.75, 3.05) is 4.72 Å². The van der Waals surface area contributed by atoms with E-state index in [2.05, 4.69) is 5.16 Å². The van der Waals surface area contributed by atoms with Crippen LogP contribution in [0.25, 0.3) is 0 Å². The molecule has 26 heavy (non-hydrogen) atoms. The first-order chi connectivity index (χ1) is 12.0. The van der Waals surface area contributed by atoms with Crippen molar-refractivity contribution < 1.29 is 26.4 Å². The fourth-order valence-corrected chi connectivity index (χ4v) is 2.69. The Hall–Kier alpha value is -2.26. The molecular weight excluding hydrogens is 393 g/mol. The first-order valence-electron chi connectivity index (χ1n) is 7.17. The summed E-state index contributed by atoms with van der Waals surface area (Å²) in [5.41, 5.74) is -4.78. The van der Waals surface area contributed by atoms with Gasteiger partial charge in [-0.15, -0.1) is 0 Å². The Bertz CT molecular complexity index is 944. The van der Waals surface area contributed by atoms with Crippen molar-refractivity contribution in [2.45, 2.75) is 19.4 Å². The number of alkyl halides is 3. The number of para-hydroxylation sites is 1. The summed E-state index contributed by atoms with van der Waals surface area (Å²) in [5, 5.41) is 4.06. The van der Waals surface area contributed by atoms with Crippen LogP contribution in [0.1, 0.15) is 18.1 Å². The highest BCUT2D eigenvalue weighted by Crippen LogP contribution is 2.29. The van der Waals surface area contributed by atoms with E-state index in [0.717, 1.165) is 11.6 Å². The van der Waals surface area contributed by atoms with Gasteiger partial charge < -0.3 is 4.84 Å². The normalized spacial score (nSPS) is 12.8. The van der Waals surface area contributed by atoms with Gasteiger partial charge in [0, 0.05) is 10.6 Å². The molecule has 0 atom stereocenters. The number of nitrogens with one attached hydrogen (secondary N) is 1. The maximum absolute atomic E-state index is 12.6.